The van der Waals surface area contributed by atoms with Gasteiger partial charge in [0.05, 0.1) is 13.4 Å². The molecule has 0 aliphatic rings. The highest BCUT2D eigenvalue weighted by Gasteiger charge is 2.01. The summed E-state index contributed by atoms with van der Waals surface area (Å²) in [7, 11) is 3.41. The summed E-state index contributed by atoms with van der Waals surface area (Å²) in [5, 5.41) is 6.79. The summed E-state index contributed by atoms with van der Waals surface area (Å²) in [5.74, 6) is 2.69. The quantitative estimate of drug-likeness (QED) is 0.340. The van der Waals surface area contributed by atoms with Crippen molar-refractivity contribution in [3.63, 3.8) is 0 Å². The molecular weight excluding hydrogens is 342 g/mol. The minimum Gasteiger partial charge on any atom is -0.497 e. The maximum atomic E-state index is 5.37. The number of hydrogen-bond donors (Lipinski definition) is 2. The molecule has 0 radical (unpaired) electrons. The number of nitrogens with zero attached hydrogens (tertiary/aromatic N) is 1. The van der Waals surface area contributed by atoms with Crippen molar-refractivity contribution in [1.29, 1.82) is 0 Å². The monoisotopic (exact) mass is 373 g/mol. The molecule has 27 heavy (non-hydrogen) atoms. The van der Waals surface area contributed by atoms with E-state index in [0.717, 1.165) is 69.4 Å². The van der Waals surface area contributed by atoms with Crippen molar-refractivity contribution in [2.75, 3.05) is 40.5 Å². The van der Waals surface area contributed by atoms with E-state index in [-0.39, 0.29) is 0 Å². The Morgan fingerprint density at radius 3 is 2.44 bits per heavy atom. The molecule has 1 aromatic heterocycles. The van der Waals surface area contributed by atoms with Gasteiger partial charge < -0.3 is 24.5 Å². The van der Waals surface area contributed by atoms with Crippen LogP contribution in [-0.2, 0) is 17.6 Å². The van der Waals surface area contributed by atoms with Crippen LogP contribution in [0.1, 0.15) is 24.2 Å². The van der Waals surface area contributed by atoms with Crippen LogP contribution in [0, 0.1) is 0 Å². The standard InChI is InChI=1S/C21H31N3O3/c1-25-16-4-3-13-22-21(24-15-12-20-6-5-17-27-20)23-14-11-18-7-9-19(26-2)10-8-18/h5-10,17H,3-4,11-16H2,1-2H3,(H2,22,23,24). The summed E-state index contributed by atoms with van der Waals surface area (Å²) in [6.45, 7) is 3.15. The first kappa shape index (κ1) is 20.8. The third kappa shape index (κ3) is 8.64. The number of methoxy groups -OCH3 is 2. The Bertz CT molecular complexity index is 639. The third-order valence-corrected chi connectivity index (χ3v) is 4.14. The molecule has 2 aromatic rings. The molecule has 0 saturated carbocycles. The second-order valence-electron chi connectivity index (χ2n) is 6.21. The SMILES string of the molecule is COCCCCN=C(NCCc1ccc(OC)cc1)NCCc1ccco1. The fourth-order valence-electron chi connectivity index (χ4n) is 2.60. The van der Waals surface area contributed by atoms with E-state index in [2.05, 4.69) is 27.8 Å². The smallest absolute Gasteiger partial charge is 0.191 e. The number of hydrogen-bond acceptors (Lipinski definition) is 4. The highest BCUT2D eigenvalue weighted by molar-refractivity contribution is 5.79. The lowest BCUT2D eigenvalue weighted by atomic mass is 10.1. The summed E-state index contributed by atoms with van der Waals surface area (Å²) >= 11 is 0. The number of aliphatic imine (C=N–C) groups is 1. The molecular formula is C21H31N3O3. The molecule has 0 unspecified atom stereocenters. The molecule has 0 saturated heterocycles. The van der Waals surface area contributed by atoms with Gasteiger partial charge in [0.25, 0.3) is 0 Å². The van der Waals surface area contributed by atoms with Gasteiger partial charge in [-0.2, -0.15) is 0 Å². The van der Waals surface area contributed by atoms with Crippen molar-refractivity contribution in [2.24, 2.45) is 4.99 Å². The number of nitrogens with one attached hydrogen (secondary N) is 2. The number of rotatable bonds is 12. The van der Waals surface area contributed by atoms with Crippen molar-refractivity contribution in [1.82, 2.24) is 10.6 Å². The van der Waals surface area contributed by atoms with Crippen molar-refractivity contribution < 1.29 is 13.9 Å². The van der Waals surface area contributed by atoms with Crippen molar-refractivity contribution in [3.8, 4) is 5.75 Å². The fourth-order valence-corrected chi connectivity index (χ4v) is 2.60. The molecule has 6 heteroatoms. The maximum Gasteiger partial charge on any atom is 0.191 e. The Balaban J connectivity index is 1.77. The second-order valence-corrected chi connectivity index (χ2v) is 6.21. The molecule has 0 amide bonds. The topological polar surface area (TPSA) is 68.0 Å². The van der Waals surface area contributed by atoms with Gasteiger partial charge in [-0.1, -0.05) is 12.1 Å². The summed E-state index contributed by atoms with van der Waals surface area (Å²) in [4.78, 5) is 4.66. The lowest BCUT2D eigenvalue weighted by Gasteiger charge is -2.12. The lowest BCUT2D eigenvalue weighted by Crippen LogP contribution is -2.39. The summed E-state index contributed by atoms with van der Waals surface area (Å²) < 4.78 is 15.7. The Morgan fingerprint density at radius 1 is 1.00 bits per heavy atom. The molecule has 2 rings (SSSR count). The third-order valence-electron chi connectivity index (χ3n) is 4.14. The van der Waals surface area contributed by atoms with E-state index in [1.54, 1.807) is 20.5 Å². The summed E-state index contributed by atoms with van der Waals surface area (Å²) in [6.07, 6.45) is 5.48. The van der Waals surface area contributed by atoms with E-state index in [4.69, 9.17) is 13.9 Å². The van der Waals surface area contributed by atoms with Crippen LogP contribution < -0.4 is 15.4 Å². The van der Waals surface area contributed by atoms with Crippen molar-refractivity contribution in [3.05, 3.63) is 54.0 Å². The van der Waals surface area contributed by atoms with E-state index in [1.807, 2.05) is 24.3 Å². The zero-order valence-corrected chi connectivity index (χ0v) is 16.4. The largest absolute Gasteiger partial charge is 0.497 e. The van der Waals surface area contributed by atoms with Crippen LogP contribution in [0.25, 0.3) is 0 Å². The van der Waals surface area contributed by atoms with E-state index in [0.29, 0.717) is 0 Å². The number of benzene rings is 1. The van der Waals surface area contributed by atoms with Crippen LogP contribution in [0.15, 0.2) is 52.1 Å². The first-order valence-electron chi connectivity index (χ1n) is 9.48. The van der Waals surface area contributed by atoms with Crippen LogP contribution in [0.3, 0.4) is 0 Å². The Kier molecular flexibility index (Phi) is 9.89. The van der Waals surface area contributed by atoms with Gasteiger partial charge in [-0.05, 0) is 49.1 Å². The van der Waals surface area contributed by atoms with Crippen molar-refractivity contribution >= 4 is 5.96 Å². The first-order valence-corrected chi connectivity index (χ1v) is 9.48. The molecule has 148 valence electrons. The summed E-state index contributed by atoms with van der Waals surface area (Å²) in [5.41, 5.74) is 1.26. The molecule has 0 bridgehead atoms. The molecule has 0 aliphatic heterocycles. The minimum absolute atomic E-state index is 0.778. The first-order chi connectivity index (χ1) is 13.3. The average molecular weight is 373 g/mol. The molecule has 0 aliphatic carbocycles. The van der Waals surface area contributed by atoms with Gasteiger partial charge in [-0.15, -0.1) is 0 Å². The molecule has 2 N–H and O–H groups in total. The van der Waals surface area contributed by atoms with Crippen LogP contribution >= 0.6 is 0 Å². The number of guanidine groups is 1. The highest BCUT2D eigenvalue weighted by atomic mass is 16.5. The van der Waals surface area contributed by atoms with Gasteiger partial charge >= 0.3 is 0 Å². The van der Waals surface area contributed by atoms with E-state index < -0.39 is 0 Å². The van der Waals surface area contributed by atoms with E-state index >= 15 is 0 Å². The minimum atomic E-state index is 0.778. The fraction of sp³-hybridized carbons (Fsp3) is 0.476. The Hall–Kier alpha value is -2.47. The second kappa shape index (κ2) is 12.8. The van der Waals surface area contributed by atoms with Gasteiger partial charge in [-0.25, -0.2) is 0 Å². The zero-order valence-electron chi connectivity index (χ0n) is 16.4. The zero-order chi connectivity index (χ0) is 19.2. The molecule has 1 aromatic carbocycles. The summed E-state index contributed by atoms with van der Waals surface area (Å²) in [6, 6.07) is 12.1. The highest BCUT2D eigenvalue weighted by Crippen LogP contribution is 2.11. The number of furan rings is 1. The van der Waals surface area contributed by atoms with E-state index in [9.17, 15) is 0 Å². The predicted octanol–water partition coefficient (Wildman–Crippen LogP) is 3.04. The molecule has 0 fully saturated rings. The Morgan fingerprint density at radius 2 is 1.78 bits per heavy atom. The molecule has 0 atom stereocenters. The van der Waals surface area contributed by atoms with Gasteiger partial charge in [0.2, 0.25) is 0 Å². The molecule has 1 heterocycles. The van der Waals surface area contributed by atoms with Gasteiger partial charge in [0.1, 0.15) is 11.5 Å². The lowest BCUT2D eigenvalue weighted by molar-refractivity contribution is 0.193. The van der Waals surface area contributed by atoms with Crippen LogP contribution in [0.5, 0.6) is 5.75 Å². The van der Waals surface area contributed by atoms with Gasteiger partial charge in [-0.3, -0.25) is 4.99 Å². The van der Waals surface area contributed by atoms with Crippen LogP contribution in [-0.4, -0.2) is 46.4 Å². The predicted molar refractivity (Wildman–Crippen MR) is 109 cm³/mol. The van der Waals surface area contributed by atoms with Crippen LogP contribution in [0.2, 0.25) is 0 Å². The molecule has 0 spiro atoms. The van der Waals surface area contributed by atoms with Gasteiger partial charge in [0, 0.05) is 39.8 Å². The Labute approximate surface area is 162 Å². The number of unbranched alkanes of at least 4 members (excludes halogenated alkanes) is 1. The van der Waals surface area contributed by atoms with Gasteiger partial charge in [0.15, 0.2) is 5.96 Å². The van der Waals surface area contributed by atoms with Crippen LogP contribution in [0.4, 0.5) is 0 Å². The maximum absolute atomic E-state index is 5.37. The number of ether oxygens (including phenoxy) is 2. The average Bonchev–Trinajstić information content (AvgIpc) is 3.21. The van der Waals surface area contributed by atoms with Crippen molar-refractivity contribution in [2.45, 2.75) is 25.7 Å². The molecule has 6 nitrogen and oxygen atoms in total. The normalized spacial score (nSPS) is 11.4. The van der Waals surface area contributed by atoms with E-state index in [1.165, 1.54) is 5.56 Å².